The number of aromatic nitrogens is 2. The molecule has 1 saturated heterocycles. The Kier molecular flexibility index (Phi) is 2.32. The van der Waals surface area contributed by atoms with Gasteiger partial charge in [-0.25, -0.2) is 0 Å². The normalized spacial score (nSPS) is 15.9. The van der Waals surface area contributed by atoms with Crippen molar-refractivity contribution in [2.75, 3.05) is 13.1 Å². The molecule has 0 saturated carbocycles. The number of carbonyl (C=O) groups excluding carboxylic acids is 1. The van der Waals surface area contributed by atoms with Gasteiger partial charge in [-0.3, -0.25) is 9.59 Å². The van der Waals surface area contributed by atoms with E-state index >= 15 is 0 Å². The van der Waals surface area contributed by atoms with Gasteiger partial charge < -0.3 is 10.0 Å². The van der Waals surface area contributed by atoms with Crippen molar-refractivity contribution in [2.24, 2.45) is 5.92 Å². The molecule has 1 amide bonds. The van der Waals surface area contributed by atoms with E-state index in [2.05, 4.69) is 10.2 Å². The second-order valence-electron chi connectivity index (χ2n) is 3.38. The summed E-state index contributed by atoms with van der Waals surface area (Å²) < 4.78 is 0. The maximum Gasteiger partial charge on any atom is 0.310 e. The maximum absolute atomic E-state index is 11.7. The van der Waals surface area contributed by atoms with E-state index in [4.69, 9.17) is 5.11 Å². The van der Waals surface area contributed by atoms with Crippen molar-refractivity contribution in [3.05, 3.63) is 24.0 Å². The largest absolute Gasteiger partial charge is 0.481 e. The van der Waals surface area contributed by atoms with Crippen LogP contribution in [-0.2, 0) is 4.79 Å². The smallest absolute Gasteiger partial charge is 0.310 e. The third-order valence-corrected chi connectivity index (χ3v) is 2.35. The Balaban J connectivity index is 1.98. The number of likely N-dealkylation sites (tertiary alicyclic amines) is 1. The lowest BCUT2D eigenvalue weighted by Gasteiger charge is -2.36. The van der Waals surface area contributed by atoms with Gasteiger partial charge in [0.15, 0.2) is 0 Å². The van der Waals surface area contributed by atoms with E-state index in [-0.39, 0.29) is 19.0 Å². The molecule has 0 bridgehead atoms. The number of amides is 1. The van der Waals surface area contributed by atoms with Gasteiger partial charge in [-0.2, -0.15) is 10.2 Å². The van der Waals surface area contributed by atoms with E-state index in [1.807, 2.05) is 0 Å². The molecule has 0 unspecified atom stereocenters. The quantitative estimate of drug-likeness (QED) is 0.715. The van der Waals surface area contributed by atoms with Crippen LogP contribution < -0.4 is 0 Å². The Bertz CT molecular complexity index is 387. The summed E-state index contributed by atoms with van der Waals surface area (Å²) in [6, 6.07) is 1.56. The van der Waals surface area contributed by atoms with Crippen molar-refractivity contribution in [1.29, 1.82) is 0 Å². The van der Waals surface area contributed by atoms with Crippen LogP contribution in [0.25, 0.3) is 0 Å². The highest BCUT2D eigenvalue weighted by atomic mass is 16.4. The van der Waals surface area contributed by atoms with E-state index in [0.717, 1.165) is 0 Å². The standard InChI is InChI=1S/C9H9N3O3/c13-8(6-1-2-10-11-3-6)12-4-7(5-12)9(14)15/h1-3,7H,4-5H2,(H,14,15). The van der Waals surface area contributed by atoms with E-state index < -0.39 is 11.9 Å². The van der Waals surface area contributed by atoms with Crippen LogP contribution in [-0.4, -0.2) is 45.2 Å². The highest BCUT2D eigenvalue weighted by Gasteiger charge is 2.35. The first-order valence-electron chi connectivity index (χ1n) is 4.47. The number of rotatable bonds is 2. The van der Waals surface area contributed by atoms with Crippen molar-refractivity contribution in [3.8, 4) is 0 Å². The molecule has 6 nitrogen and oxygen atoms in total. The summed E-state index contributed by atoms with van der Waals surface area (Å²) in [4.78, 5) is 23.7. The third kappa shape index (κ3) is 1.78. The molecule has 1 aromatic rings. The second kappa shape index (κ2) is 3.64. The number of hydrogen-bond acceptors (Lipinski definition) is 4. The number of nitrogens with zero attached hydrogens (tertiary/aromatic N) is 3. The van der Waals surface area contributed by atoms with E-state index in [9.17, 15) is 9.59 Å². The fourth-order valence-corrected chi connectivity index (χ4v) is 1.40. The summed E-state index contributed by atoms with van der Waals surface area (Å²) in [6.45, 7) is 0.549. The molecular weight excluding hydrogens is 198 g/mol. The minimum Gasteiger partial charge on any atom is -0.481 e. The summed E-state index contributed by atoms with van der Waals surface area (Å²) in [5.41, 5.74) is 0.439. The fourth-order valence-electron chi connectivity index (χ4n) is 1.40. The monoisotopic (exact) mass is 207 g/mol. The predicted octanol–water partition coefficient (Wildman–Crippen LogP) is -0.367. The lowest BCUT2D eigenvalue weighted by atomic mass is 10.00. The van der Waals surface area contributed by atoms with Crippen LogP contribution in [0.5, 0.6) is 0 Å². The molecule has 78 valence electrons. The lowest BCUT2D eigenvalue weighted by molar-refractivity contribution is -0.146. The van der Waals surface area contributed by atoms with E-state index in [0.29, 0.717) is 5.56 Å². The van der Waals surface area contributed by atoms with Crippen LogP contribution >= 0.6 is 0 Å². The van der Waals surface area contributed by atoms with Crippen molar-refractivity contribution in [3.63, 3.8) is 0 Å². The molecule has 1 fully saturated rings. The molecule has 0 radical (unpaired) electrons. The Hall–Kier alpha value is -1.98. The Labute approximate surface area is 85.5 Å². The van der Waals surface area contributed by atoms with Gasteiger partial charge in [0.05, 0.1) is 23.9 Å². The molecule has 0 aromatic carbocycles. The number of carbonyl (C=O) groups is 2. The predicted molar refractivity (Wildman–Crippen MR) is 49.1 cm³/mol. The number of hydrogen-bond donors (Lipinski definition) is 1. The molecule has 1 aliphatic rings. The second-order valence-corrected chi connectivity index (χ2v) is 3.38. The number of aliphatic carboxylic acids is 1. The number of carboxylic acids is 1. The SMILES string of the molecule is O=C(O)C1CN(C(=O)c2ccnnc2)C1. The van der Waals surface area contributed by atoms with Gasteiger partial charge in [0.2, 0.25) is 0 Å². The fraction of sp³-hybridized carbons (Fsp3) is 0.333. The summed E-state index contributed by atoms with van der Waals surface area (Å²) in [5.74, 6) is -1.47. The van der Waals surface area contributed by atoms with Crippen molar-refractivity contribution in [2.45, 2.75) is 0 Å². The molecule has 6 heteroatoms. The Morgan fingerprint density at radius 3 is 2.67 bits per heavy atom. The van der Waals surface area contributed by atoms with E-state index in [1.54, 1.807) is 6.07 Å². The van der Waals surface area contributed by atoms with Gasteiger partial charge in [0, 0.05) is 13.1 Å². The first-order chi connectivity index (χ1) is 7.18. The number of carboxylic acid groups (broad SMARTS) is 1. The van der Waals surface area contributed by atoms with Crippen LogP contribution in [0.1, 0.15) is 10.4 Å². The zero-order valence-electron chi connectivity index (χ0n) is 7.83. The molecule has 0 spiro atoms. The first-order valence-corrected chi connectivity index (χ1v) is 4.47. The average Bonchev–Trinajstić information content (AvgIpc) is 2.16. The molecular formula is C9H9N3O3. The van der Waals surface area contributed by atoms with Gasteiger partial charge >= 0.3 is 5.97 Å². The molecule has 0 aliphatic carbocycles. The summed E-state index contributed by atoms with van der Waals surface area (Å²) >= 11 is 0. The minimum atomic E-state index is -0.855. The van der Waals surface area contributed by atoms with Gasteiger partial charge in [0.1, 0.15) is 0 Å². The third-order valence-electron chi connectivity index (χ3n) is 2.35. The maximum atomic E-state index is 11.7. The van der Waals surface area contributed by atoms with Gasteiger partial charge in [-0.1, -0.05) is 0 Å². The van der Waals surface area contributed by atoms with Crippen molar-refractivity contribution >= 4 is 11.9 Å². The lowest BCUT2D eigenvalue weighted by Crippen LogP contribution is -2.53. The summed E-state index contributed by atoms with van der Waals surface area (Å²) in [5, 5.41) is 15.8. The zero-order valence-corrected chi connectivity index (χ0v) is 7.83. The highest BCUT2D eigenvalue weighted by Crippen LogP contribution is 2.18. The molecule has 1 N–H and O–H groups in total. The minimum absolute atomic E-state index is 0.192. The Morgan fingerprint density at radius 1 is 1.40 bits per heavy atom. The van der Waals surface area contributed by atoms with Crippen LogP contribution in [0.15, 0.2) is 18.5 Å². The molecule has 15 heavy (non-hydrogen) atoms. The van der Waals surface area contributed by atoms with Crippen LogP contribution in [0.3, 0.4) is 0 Å². The molecule has 0 atom stereocenters. The Morgan fingerprint density at radius 2 is 2.13 bits per heavy atom. The van der Waals surface area contributed by atoms with Gasteiger partial charge in [0.25, 0.3) is 5.91 Å². The first kappa shape index (κ1) is 9.57. The highest BCUT2D eigenvalue weighted by molar-refractivity contribution is 5.95. The van der Waals surface area contributed by atoms with E-state index in [1.165, 1.54) is 17.3 Å². The van der Waals surface area contributed by atoms with Crippen LogP contribution in [0.2, 0.25) is 0 Å². The van der Waals surface area contributed by atoms with Crippen LogP contribution in [0, 0.1) is 5.92 Å². The molecule has 1 aliphatic heterocycles. The van der Waals surface area contributed by atoms with Gasteiger partial charge in [-0.05, 0) is 6.07 Å². The average molecular weight is 207 g/mol. The van der Waals surface area contributed by atoms with Crippen LogP contribution in [0.4, 0.5) is 0 Å². The zero-order chi connectivity index (χ0) is 10.8. The molecule has 2 rings (SSSR count). The van der Waals surface area contributed by atoms with Crippen molar-refractivity contribution < 1.29 is 14.7 Å². The molecule has 1 aromatic heterocycles. The summed E-state index contributed by atoms with van der Waals surface area (Å²) in [6.07, 6.45) is 2.80. The topological polar surface area (TPSA) is 83.4 Å². The molecule has 2 heterocycles. The summed E-state index contributed by atoms with van der Waals surface area (Å²) in [7, 11) is 0. The van der Waals surface area contributed by atoms with Gasteiger partial charge in [-0.15, -0.1) is 0 Å². The van der Waals surface area contributed by atoms with Crippen molar-refractivity contribution in [1.82, 2.24) is 15.1 Å².